The molecular weight excluding hydrogens is 388 g/mol. The Balaban J connectivity index is 1.61. The van der Waals surface area contributed by atoms with Gasteiger partial charge >= 0.3 is 4.87 Å². The number of hydrogen-bond acceptors (Lipinski definition) is 5. The van der Waals surface area contributed by atoms with Crippen molar-refractivity contribution in [3.63, 3.8) is 0 Å². The maximum atomic E-state index is 13.4. The van der Waals surface area contributed by atoms with Gasteiger partial charge in [0.05, 0.1) is 0 Å². The average molecular weight is 417 g/mol. The van der Waals surface area contributed by atoms with Crippen molar-refractivity contribution in [1.82, 2.24) is 9.47 Å². The topological polar surface area (TPSA) is 60.8 Å². The van der Waals surface area contributed by atoms with E-state index in [1.165, 1.54) is 6.42 Å². The number of hydrogen-bond donors (Lipinski definition) is 0. The molecule has 2 aromatic rings. The first kappa shape index (κ1) is 20.0. The first-order chi connectivity index (χ1) is 13.9. The van der Waals surface area contributed by atoms with Crippen LogP contribution in [-0.2, 0) is 17.9 Å². The molecule has 1 aliphatic carbocycles. The lowest BCUT2D eigenvalue weighted by Gasteiger charge is -2.42. The zero-order valence-electron chi connectivity index (χ0n) is 17.2. The van der Waals surface area contributed by atoms with Crippen LogP contribution in [-0.4, -0.2) is 28.2 Å². The fraction of sp³-hybridized carbons (Fsp3) is 0.545. The molecular formula is C22H28N2O4S. The van der Waals surface area contributed by atoms with Crippen LogP contribution in [0.15, 0.2) is 28.4 Å². The molecule has 0 N–H and O–H groups in total. The molecule has 2 aliphatic rings. The van der Waals surface area contributed by atoms with Crippen LogP contribution in [0.3, 0.4) is 0 Å². The summed E-state index contributed by atoms with van der Waals surface area (Å²) in [6.07, 6.45) is 3.32. The highest BCUT2D eigenvalue weighted by atomic mass is 32.1. The number of amides is 1. The molecule has 1 aliphatic heterocycles. The number of aryl methyl sites for hydroxylation is 1. The predicted octanol–water partition coefficient (Wildman–Crippen LogP) is 3.80. The number of thiazole rings is 1. The molecule has 0 radical (unpaired) electrons. The molecule has 156 valence electrons. The highest BCUT2D eigenvalue weighted by molar-refractivity contribution is 7.07. The largest absolute Gasteiger partial charge is 0.454 e. The Morgan fingerprint density at radius 1 is 1.24 bits per heavy atom. The van der Waals surface area contributed by atoms with Crippen molar-refractivity contribution in [1.29, 1.82) is 0 Å². The Hall–Kier alpha value is -2.28. The highest BCUT2D eigenvalue weighted by Gasteiger charge is 2.34. The van der Waals surface area contributed by atoms with Gasteiger partial charge in [0.15, 0.2) is 11.5 Å². The van der Waals surface area contributed by atoms with Gasteiger partial charge < -0.3 is 14.4 Å². The van der Waals surface area contributed by atoms with Crippen molar-refractivity contribution >= 4 is 17.2 Å². The van der Waals surface area contributed by atoms with Gasteiger partial charge in [0.2, 0.25) is 12.7 Å². The number of carbonyl (C=O) groups excluding carboxylic acids is 1. The Kier molecular flexibility index (Phi) is 5.67. The van der Waals surface area contributed by atoms with E-state index in [-0.39, 0.29) is 30.2 Å². The van der Waals surface area contributed by atoms with Crippen LogP contribution in [0.5, 0.6) is 11.5 Å². The van der Waals surface area contributed by atoms with Crippen molar-refractivity contribution in [3.05, 3.63) is 44.5 Å². The second-order valence-electron chi connectivity index (χ2n) is 8.27. The van der Waals surface area contributed by atoms with Gasteiger partial charge in [-0.15, -0.1) is 0 Å². The monoisotopic (exact) mass is 416 g/mol. The van der Waals surface area contributed by atoms with E-state index in [1.54, 1.807) is 4.57 Å². The van der Waals surface area contributed by atoms with Gasteiger partial charge in [-0.2, -0.15) is 0 Å². The quantitative estimate of drug-likeness (QED) is 0.744. The minimum Gasteiger partial charge on any atom is -0.454 e. The molecule has 0 spiro atoms. The molecule has 0 saturated heterocycles. The van der Waals surface area contributed by atoms with Gasteiger partial charge in [-0.3, -0.25) is 14.2 Å². The van der Waals surface area contributed by atoms with E-state index in [0.717, 1.165) is 46.9 Å². The summed E-state index contributed by atoms with van der Waals surface area (Å²) in [6.45, 7) is 7.23. The number of nitrogens with zero attached hydrogens (tertiary/aromatic N) is 2. The van der Waals surface area contributed by atoms with Crippen LogP contribution in [0.1, 0.15) is 44.4 Å². The number of aromatic nitrogens is 1. The number of fused-ring (bicyclic) bond motifs is 1. The SMILES string of the molecule is Cc1csc(=O)n1CC(=O)N(Cc1ccc2c(c1)OCO2)[C@@H]1CCC[C@@H](C)[C@H]1C. The van der Waals surface area contributed by atoms with Crippen LogP contribution in [0, 0.1) is 18.8 Å². The molecule has 7 heteroatoms. The van der Waals surface area contributed by atoms with Gasteiger partial charge in [-0.25, -0.2) is 0 Å². The molecule has 1 aromatic carbocycles. The summed E-state index contributed by atoms with van der Waals surface area (Å²) in [5, 5.41) is 1.81. The van der Waals surface area contributed by atoms with Crippen molar-refractivity contribution in [2.45, 2.75) is 59.2 Å². The molecule has 3 atom stereocenters. The maximum Gasteiger partial charge on any atom is 0.307 e. The molecule has 1 amide bonds. The smallest absolute Gasteiger partial charge is 0.307 e. The summed E-state index contributed by atoms with van der Waals surface area (Å²) in [6, 6.07) is 6.03. The lowest BCUT2D eigenvalue weighted by Crippen LogP contribution is -2.48. The van der Waals surface area contributed by atoms with Gasteiger partial charge in [0, 0.05) is 23.7 Å². The van der Waals surface area contributed by atoms with Crippen molar-refractivity contribution in [2.75, 3.05) is 6.79 Å². The lowest BCUT2D eigenvalue weighted by atomic mass is 9.77. The zero-order valence-corrected chi connectivity index (χ0v) is 18.0. The summed E-state index contributed by atoms with van der Waals surface area (Å²) < 4.78 is 12.5. The minimum absolute atomic E-state index is 0.00258. The Bertz CT molecular complexity index is 951. The minimum atomic E-state index is -0.0797. The summed E-state index contributed by atoms with van der Waals surface area (Å²) in [5.41, 5.74) is 1.85. The van der Waals surface area contributed by atoms with Gasteiger partial charge in [0.25, 0.3) is 0 Å². The molecule has 1 aromatic heterocycles. The number of carbonyl (C=O) groups is 1. The van der Waals surface area contributed by atoms with E-state index in [1.807, 2.05) is 35.4 Å². The van der Waals surface area contributed by atoms with Crippen molar-refractivity contribution < 1.29 is 14.3 Å². The molecule has 1 fully saturated rings. The molecule has 29 heavy (non-hydrogen) atoms. The third kappa shape index (κ3) is 4.06. The van der Waals surface area contributed by atoms with E-state index >= 15 is 0 Å². The molecule has 0 bridgehead atoms. The predicted molar refractivity (Wildman–Crippen MR) is 112 cm³/mol. The molecule has 2 heterocycles. The van der Waals surface area contributed by atoms with Crippen molar-refractivity contribution in [3.8, 4) is 11.5 Å². The first-order valence-electron chi connectivity index (χ1n) is 10.3. The van der Waals surface area contributed by atoms with Crippen molar-refractivity contribution in [2.24, 2.45) is 11.8 Å². The zero-order chi connectivity index (χ0) is 20.5. The second-order valence-corrected chi connectivity index (χ2v) is 9.09. The maximum absolute atomic E-state index is 13.4. The second kappa shape index (κ2) is 8.22. The van der Waals surface area contributed by atoms with E-state index < -0.39 is 0 Å². The standard InChI is InChI=1S/C22H28N2O4S/c1-14-5-4-6-18(16(14)3)24(21(25)11-23-15(2)12-29-22(23)26)10-17-7-8-19-20(9-17)28-13-27-19/h7-9,12,14,16,18H,4-6,10-11,13H2,1-3H3/t14-,16-,18-/m1/s1. The van der Waals surface area contributed by atoms with Gasteiger partial charge in [0.1, 0.15) is 6.54 Å². The fourth-order valence-corrected chi connectivity index (χ4v) is 5.18. The first-order valence-corrected chi connectivity index (χ1v) is 11.1. The van der Waals surface area contributed by atoms with Gasteiger partial charge in [-0.05, 0) is 42.9 Å². The molecule has 1 saturated carbocycles. The molecule has 4 rings (SSSR count). The third-order valence-electron chi connectivity index (χ3n) is 6.44. The summed E-state index contributed by atoms with van der Waals surface area (Å²) >= 11 is 1.14. The van der Waals surface area contributed by atoms with E-state index in [4.69, 9.17) is 9.47 Å². The number of rotatable bonds is 5. The van der Waals surface area contributed by atoms with Gasteiger partial charge in [-0.1, -0.05) is 44.1 Å². The van der Waals surface area contributed by atoms with E-state index in [2.05, 4.69) is 13.8 Å². The molecule has 0 unspecified atom stereocenters. The van der Waals surface area contributed by atoms with E-state index in [0.29, 0.717) is 18.4 Å². The summed E-state index contributed by atoms with van der Waals surface area (Å²) in [7, 11) is 0. The molecule has 6 nitrogen and oxygen atoms in total. The van der Waals surface area contributed by atoms with Crippen LogP contribution in [0.4, 0.5) is 0 Å². The third-order valence-corrected chi connectivity index (χ3v) is 7.33. The van der Waals surface area contributed by atoms with Crippen LogP contribution >= 0.6 is 11.3 Å². The Morgan fingerprint density at radius 3 is 2.79 bits per heavy atom. The van der Waals surface area contributed by atoms with Crippen LogP contribution in [0.25, 0.3) is 0 Å². The Labute approximate surface area is 175 Å². The number of benzene rings is 1. The summed E-state index contributed by atoms with van der Waals surface area (Å²) in [4.78, 5) is 27.5. The summed E-state index contributed by atoms with van der Waals surface area (Å²) in [5.74, 6) is 2.46. The number of ether oxygens (including phenoxy) is 2. The fourth-order valence-electron chi connectivity index (χ4n) is 4.44. The highest BCUT2D eigenvalue weighted by Crippen LogP contribution is 2.36. The Morgan fingerprint density at radius 2 is 2.03 bits per heavy atom. The van der Waals surface area contributed by atoms with Crippen LogP contribution < -0.4 is 14.3 Å². The normalized spacial score (nSPS) is 23.2. The lowest BCUT2D eigenvalue weighted by molar-refractivity contribution is -0.137. The average Bonchev–Trinajstić information content (AvgIpc) is 3.29. The van der Waals surface area contributed by atoms with E-state index in [9.17, 15) is 9.59 Å². The van der Waals surface area contributed by atoms with Crippen LogP contribution in [0.2, 0.25) is 0 Å².